The Balaban J connectivity index is 2.55. The molecule has 0 amide bonds. The van der Waals surface area contributed by atoms with Crippen molar-refractivity contribution in [2.24, 2.45) is 0 Å². The van der Waals surface area contributed by atoms with Crippen molar-refractivity contribution in [1.82, 2.24) is 0 Å². The summed E-state index contributed by atoms with van der Waals surface area (Å²) in [5.41, 5.74) is 0. The SMILES string of the molecule is C1=CCCCC\C=C/C=C\C=C/C=C\C=C/C=C\C=C/C=C\C=C/C=C\1. The van der Waals surface area contributed by atoms with Crippen LogP contribution in [0.25, 0.3) is 0 Å². The number of hydrogen-bond donors (Lipinski definition) is 0. The van der Waals surface area contributed by atoms with E-state index >= 15 is 0 Å². The average Bonchev–Trinajstić information content (AvgIpc) is 2.65. The lowest BCUT2D eigenvalue weighted by atomic mass is 10.2. The summed E-state index contributed by atoms with van der Waals surface area (Å²) in [7, 11) is 0. The molecule has 1 aliphatic rings. The monoisotopic (exact) mass is 342 g/mol. The van der Waals surface area contributed by atoms with Gasteiger partial charge in [-0.05, 0) is 25.7 Å². The van der Waals surface area contributed by atoms with Gasteiger partial charge < -0.3 is 0 Å². The largest absolute Gasteiger partial charge is 0.0845 e. The summed E-state index contributed by atoms with van der Waals surface area (Å²) in [6.45, 7) is 0. The first-order chi connectivity index (χ1) is 13.0. The fourth-order valence-electron chi connectivity index (χ4n) is 2.03. The number of allylic oxidation sites excluding steroid dienone is 22. The van der Waals surface area contributed by atoms with Crippen molar-refractivity contribution >= 4 is 0 Å². The van der Waals surface area contributed by atoms with E-state index in [1.165, 1.54) is 12.8 Å². The maximum absolute atomic E-state index is 2.23. The van der Waals surface area contributed by atoms with Crippen molar-refractivity contribution in [3.05, 3.63) is 134 Å². The highest BCUT2D eigenvalue weighted by Gasteiger charge is 1.82. The summed E-state index contributed by atoms with van der Waals surface area (Å²) in [5, 5.41) is 0. The third kappa shape index (κ3) is 16.0. The molecule has 26 heavy (non-hydrogen) atoms. The van der Waals surface area contributed by atoms with Crippen LogP contribution in [0.3, 0.4) is 0 Å². The Bertz CT molecular complexity index is 592. The fourth-order valence-corrected chi connectivity index (χ4v) is 2.03. The Morgan fingerprint density at radius 2 is 0.423 bits per heavy atom. The maximum Gasteiger partial charge on any atom is -0.0347 e. The first kappa shape index (κ1) is 21.2. The molecule has 0 saturated heterocycles. The quantitative estimate of drug-likeness (QED) is 0.423. The Kier molecular flexibility index (Phi) is 15.1. The van der Waals surface area contributed by atoms with Crippen LogP contribution in [-0.2, 0) is 0 Å². The molecule has 0 N–H and O–H groups in total. The van der Waals surface area contributed by atoms with Gasteiger partial charge in [0.25, 0.3) is 0 Å². The van der Waals surface area contributed by atoms with Crippen molar-refractivity contribution < 1.29 is 0 Å². The summed E-state index contributed by atoms with van der Waals surface area (Å²) in [6, 6.07) is 0. The third-order valence-electron chi connectivity index (χ3n) is 3.37. The molecule has 0 heteroatoms. The summed E-state index contributed by atoms with van der Waals surface area (Å²) in [5.74, 6) is 0. The predicted molar refractivity (Wildman–Crippen MR) is 119 cm³/mol. The smallest absolute Gasteiger partial charge is 0.0347 e. The van der Waals surface area contributed by atoms with E-state index in [1.54, 1.807) is 0 Å². The van der Waals surface area contributed by atoms with Gasteiger partial charge in [-0.15, -0.1) is 0 Å². The minimum absolute atomic E-state index is 1.14. The first-order valence-electron chi connectivity index (χ1n) is 9.32. The molecule has 1 rings (SSSR count). The van der Waals surface area contributed by atoms with Crippen LogP contribution in [0.1, 0.15) is 25.7 Å². The molecule has 0 unspecified atom stereocenters. The van der Waals surface area contributed by atoms with Gasteiger partial charge in [0.2, 0.25) is 0 Å². The van der Waals surface area contributed by atoms with Crippen molar-refractivity contribution in [2.75, 3.05) is 0 Å². The first-order valence-corrected chi connectivity index (χ1v) is 9.32. The zero-order chi connectivity index (χ0) is 18.4. The number of hydrogen-bond acceptors (Lipinski definition) is 0. The molecular formula is C26H30. The minimum atomic E-state index is 1.14. The molecule has 0 saturated carbocycles. The van der Waals surface area contributed by atoms with Crippen LogP contribution in [0.5, 0.6) is 0 Å². The number of rotatable bonds is 0. The van der Waals surface area contributed by atoms with Crippen molar-refractivity contribution in [1.29, 1.82) is 0 Å². The Hall–Kier alpha value is -2.86. The molecule has 0 nitrogen and oxygen atoms in total. The zero-order valence-corrected chi connectivity index (χ0v) is 15.5. The Morgan fingerprint density at radius 3 is 0.654 bits per heavy atom. The molecule has 0 aliphatic heterocycles. The van der Waals surface area contributed by atoms with E-state index < -0.39 is 0 Å². The van der Waals surface area contributed by atoms with E-state index in [0.717, 1.165) is 12.8 Å². The fraction of sp³-hybridized carbons (Fsp3) is 0.154. The van der Waals surface area contributed by atoms with Gasteiger partial charge in [-0.1, -0.05) is 134 Å². The standard InChI is InChI=1S/C26H30/c1-2-4-6-8-10-12-14-16-18-20-22-24-26-25-23-21-19-17-15-13-11-9-7-5-3-1/h1-22H,23-26H2/b2-1-,5-3-,6-4-,9-7-,10-8-,13-11-,14-12-,17-15-,18-16-,21-19-,22-20?. The van der Waals surface area contributed by atoms with Gasteiger partial charge in [0.1, 0.15) is 0 Å². The van der Waals surface area contributed by atoms with Crippen molar-refractivity contribution in [2.45, 2.75) is 25.7 Å². The molecule has 1 aliphatic carbocycles. The maximum atomic E-state index is 2.23. The molecule has 0 aromatic carbocycles. The lowest BCUT2D eigenvalue weighted by molar-refractivity contribution is 0.762. The lowest BCUT2D eigenvalue weighted by Gasteiger charge is -1.91. The summed E-state index contributed by atoms with van der Waals surface area (Å²) < 4.78 is 0. The van der Waals surface area contributed by atoms with Crippen molar-refractivity contribution in [3.63, 3.8) is 0 Å². The molecule has 0 fully saturated rings. The highest BCUT2D eigenvalue weighted by molar-refractivity contribution is 5.22. The van der Waals surface area contributed by atoms with Gasteiger partial charge in [-0.3, -0.25) is 0 Å². The third-order valence-corrected chi connectivity index (χ3v) is 3.37. The second-order valence-electron chi connectivity index (χ2n) is 5.60. The van der Waals surface area contributed by atoms with Gasteiger partial charge >= 0.3 is 0 Å². The van der Waals surface area contributed by atoms with Crippen molar-refractivity contribution in [3.8, 4) is 0 Å². The molecule has 0 radical (unpaired) electrons. The highest BCUT2D eigenvalue weighted by Crippen LogP contribution is 2.02. The van der Waals surface area contributed by atoms with E-state index in [9.17, 15) is 0 Å². The molecule has 0 aromatic rings. The van der Waals surface area contributed by atoms with Crippen LogP contribution in [0, 0.1) is 0 Å². The molecule has 0 bridgehead atoms. The van der Waals surface area contributed by atoms with E-state index in [1.807, 2.05) is 85.1 Å². The van der Waals surface area contributed by atoms with E-state index in [2.05, 4.69) is 48.6 Å². The lowest BCUT2D eigenvalue weighted by Crippen LogP contribution is -1.71. The van der Waals surface area contributed by atoms with E-state index in [-0.39, 0.29) is 0 Å². The molecule has 134 valence electrons. The molecule has 0 atom stereocenters. The highest BCUT2D eigenvalue weighted by atomic mass is 13.9. The summed E-state index contributed by atoms with van der Waals surface area (Å²) in [6.07, 6.45) is 50.0. The molecule has 0 aromatic heterocycles. The normalized spacial score (nSPS) is 29.5. The Labute approximate surface area is 159 Å². The van der Waals surface area contributed by atoms with Crippen LogP contribution >= 0.6 is 0 Å². The minimum Gasteiger partial charge on any atom is -0.0845 e. The van der Waals surface area contributed by atoms with Crippen LogP contribution in [-0.4, -0.2) is 0 Å². The zero-order valence-electron chi connectivity index (χ0n) is 15.5. The summed E-state index contributed by atoms with van der Waals surface area (Å²) >= 11 is 0. The van der Waals surface area contributed by atoms with Gasteiger partial charge in [0.15, 0.2) is 0 Å². The second-order valence-corrected chi connectivity index (χ2v) is 5.60. The van der Waals surface area contributed by atoms with Gasteiger partial charge in [-0.25, -0.2) is 0 Å². The van der Waals surface area contributed by atoms with Crippen LogP contribution in [0.15, 0.2) is 134 Å². The van der Waals surface area contributed by atoms with Gasteiger partial charge in [0.05, 0.1) is 0 Å². The van der Waals surface area contributed by atoms with Crippen LogP contribution in [0.4, 0.5) is 0 Å². The van der Waals surface area contributed by atoms with E-state index in [4.69, 9.17) is 0 Å². The second kappa shape index (κ2) is 18.5. The van der Waals surface area contributed by atoms with Gasteiger partial charge in [-0.2, -0.15) is 0 Å². The van der Waals surface area contributed by atoms with Gasteiger partial charge in [0, 0.05) is 0 Å². The molecular weight excluding hydrogens is 312 g/mol. The van der Waals surface area contributed by atoms with Crippen LogP contribution < -0.4 is 0 Å². The topological polar surface area (TPSA) is 0 Å². The predicted octanol–water partition coefficient (Wildman–Crippen LogP) is 7.68. The summed E-state index contributed by atoms with van der Waals surface area (Å²) in [4.78, 5) is 0. The van der Waals surface area contributed by atoms with Crippen LogP contribution in [0.2, 0.25) is 0 Å². The van der Waals surface area contributed by atoms with E-state index in [0.29, 0.717) is 0 Å². The average molecular weight is 343 g/mol. The Morgan fingerprint density at radius 1 is 0.231 bits per heavy atom. The molecule has 0 spiro atoms. The molecule has 0 heterocycles.